The molecule has 0 rings (SSSR count). The maximum Gasteiger partial charge on any atom is 1.00 e. The van der Waals surface area contributed by atoms with Crippen LogP contribution in [0, 0.1) is 0 Å². The Morgan fingerprint density at radius 1 is 1.18 bits per heavy atom. The molecule has 1 nitrogen and oxygen atoms in total. The van der Waals surface area contributed by atoms with E-state index in [1.165, 1.54) is 25.7 Å². The van der Waals surface area contributed by atoms with E-state index in [0.29, 0.717) is 5.78 Å². The van der Waals surface area contributed by atoms with Crippen molar-refractivity contribution in [2.45, 2.75) is 52.4 Å². The van der Waals surface area contributed by atoms with Crippen molar-refractivity contribution in [2.24, 2.45) is 0 Å². The van der Waals surface area contributed by atoms with Gasteiger partial charge in [0.1, 0.15) is 5.78 Å². The van der Waals surface area contributed by atoms with Gasteiger partial charge in [-0.15, -0.1) is 0 Å². The van der Waals surface area contributed by atoms with Gasteiger partial charge in [0, 0.05) is 6.42 Å². The number of hydrogen-bond donors (Lipinski definition) is 0. The molecule has 0 saturated carbocycles. The van der Waals surface area contributed by atoms with Crippen LogP contribution in [0.2, 0.25) is 0 Å². The zero-order valence-corrected chi connectivity index (χ0v) is 10.2. The molecule has 2 heteroatoms. The van der Waals surface area contributed by atoms with Crippen LogP contribution in [0.4, 0.5) is 0 Å². The molecular weight excluding hydrogens is 147 g/mol. The third-order valence-corrected chi connectivity index (χ3v) is 1.63. The Morgan fingerprint density at radius 2 is 1.73 bits per heavy atom. The van der Waals surface area contributed by atoms with Crippen LogP contribution in [-0.2, 0) is 4.79 Å². The van der Waals surface area contributed by atoms with Crippen molar-refractivity contribution >= 4 is 5.78 Å². The van der Waals surface area contributed by atoms with Crippen LogP contribution in [0.25, 0.3) is 0 Å². The number of ketones is 1. The Bertz CT molecular complexity index is 96.5. The predicted octanol–water partition coefficient (Wildman–Crippen LogP) is 0.0524. The van der Waals surface area contributed by atoms with E-state index < -0.39 is 0 Å². The van der Waals surface area contributed by atoms with E-state index >= 15 is 0 Å². The van der Waals surface area contributed by atoms with E-state index in [1.54, 1.807) is 6.92 Å². The molecule has 0 aromatic carbocycles. The topological polar surface area (TPSA) is 17.1 Å². The van der Waals surface area contributed by atoms with Gasteiger partial charge in [-0.1, -0.05) is 32.6 Å². The quantitative estimate of drug-likeness (QED) is 0.402. The first-order valence-corrected chi connectivity index (χ1v) is 4.26. The van der Waals surface area contributed by atoms with Gasteiger partial charge in [0.25, 0.3) is 0 Å². The minimum atomic E-state index is 0. The molecular formula is C9H19NaO. The largest absolute Gasteiger partial charge is 1.00 e. The Labute approximate surface area is 93.7 Å². The standard InChI is InChI=1S/C9H18O.Na.H/c1-3-4-5-6-7-8-9(2)10;;/h3-8H2,1-2H3;;/q;+1;-1. The van der Waals surface area contributed by atoms with Crippen LogP contribution in [0.5, 0.6) is 0 Å². The van der Waals surface area contributed by atoms with E-state index in [9.17, 15) is 4.79 Å². The van der Waals surface area contributed by atoms with Crippen LogP contribution in [-0.4, -0.2) is 5.78 Å². The van der Waals surface area contributed by atoms with Gasteiger partial charge in [0.2, 0.25) is 0 Å². The van der Waals surface area contributed by atoms with E-state index in [2.05, 4.69) is 6.92 Å². The van der Waals surface area contributed by atoms with Crippen molar-refractivity contribution in [1.82, 2.24) is 0 Å². The Kier molecular flexibility index (Phi) is 13.8. The van der Waals surface area contributed by atoms with Gasteiger partial charge in [0.05, 0.1) is 0 Å². The zero-order chi connectivity index (χ0) is 7.82. The summed E-state index contributed by atoms with van der Waals surface area (Å²) < 4.78 is 0. The molecule has 0 spiro atoms. The summed E-state index contributed by atoms with van der Waals surface area (Å²) in [5.41, 5.74) is 0. The Morgan fingerprint density at radius 3 is 2.18 bits per heavy atom. The van der Waals surface area contributed by atoms with Gasteiger partial charge >= 0.3 is 29.6 Å². The fourth-order valence-electron chi connectivity index (χ4n) is 0.977. The first kappa shape index (κ1) is 14.2. The molecule has 0 fully saturated rings. The minimum absolute atomic E-state index is 0. The molecule has 0 radical (unpaired) electrons. The van der Waals surface area contributed by atoms with E-state index in [4.69, 9.17) is 0 Å². The third kappa shape index (κ3) is 13.6. The summed E-state index contributed by atoms with van der Waals surface area (Å²) in [5, 5.41) is 0. The Hall–Kier alpha value is 0.670. The molecule has 0 atom stereocenters. The average Bonchev–Trinajstić information content (AvgIpc) is 1.87. The molecule has 0 bridgehead atoms. The van der Waals surface area contributed by atoms with Crippen LogP contribution in [0.1, 0.15) is 53.8 Å². The molecule has 62 valence electrons. The fraction of sp³-hybridized carbons (Fsp3) is 0.889. The molecule has 0 aliphatic carbocycles. The molecule has 0 amide bonds. The SMILES string of the molecule is CCCCCCCC(C)=O.[H-].[Na+]. The van der Waals surface area contributed by atoms with E-state index in [0.717, 1.165) is 12.8 Å². The van der Waals surface area contributed by atoms with Crippen LogP contribution in [0.15, 0.2) is 0 Å². The number of hydrogen-bond acceptors (Lipinski definition) is 1. The van der Waals surface area contributed by atoms with E-state index in [-0.39, 0.29) is 31.0 Å². The molecule has 0 aromatic heterocycles. The molecule has 0 unspecified atom stereocenters. The van der Waals surface area contributed by atoms with Crippen molar-refractivity contribution < 1.29 is 35.8 Å². The maximum absolute atomic E-state index is 10.5. The summed E-state index contributed by atoms with van der Waals surface area (Å²) in [7, 11) is 0. The fourth-order valence-corrected chi connectivity index (χ4v) is 0.977. The first-order valence-electron chi connectivity index (χ1n) is 4.26. The summed E-state index contributed by atoms with van der Waals surface area (Å²) in [6.07, 6.45) is 6.99. The van der Waals surface area contributed by atoms with Crippen molar-refractivity contribution in [1.29, 1.82) is 0 Å². The first-order chi connectivity index (χ1) is 4.77. The van der Waals surface area contributed by atoms with Crippen molar-refractivity contribution in [3.63, 3.8) is 0 Å². The number of Topliss-reactive ketones (excluding diaryl/α,β-unsaturated/α-hetero) is 1. The molecule has 0 aliphatic rings. The van der Waals surface area contributed by atoms with Gasteiger partial charge in [-0.25, -0.2) is 0 Å². The van der Waals surface area contributed by atoms with Gasteiger partial charge in [-0.2, -0.15) is 0 Å². The molecule has 11 heavy (non-hydrogen) atoms. The van der Waals surface area contributed by atoms with Crippen LogP contribution < -0.4 is 29.6 Å². The van der Waals surface area contributed by atoms with Crippen LogP contribution in [0.3, 0.4) is 0 Å². The van der Waals surface area contributed by atoms with Crippen LogP contribution >= 0.6 is 0 Å². The second-order valence-corrected chi connectivity index (χ2v) is 2.87. The maximum atomic E-state index is 10.5. The second kappa shape index (κ2) is 10.7. The van der Waals surface area contributed by atoms with Gasteiger partial charge < -0.3 is 6.22 Å². The van der Waals surface area contributed by atoms with Gasteiger partial charge in [-0.05, 0) is 13.3 Å². The molecule has 0 aromatic rings. The summed E-state index contributed by atoms with van der Waals surface area (Å²) >= 11 is 0. The second-order valence-electron chi connectivity index (χ2n) is 2.87. The van der Waals surface area contributed by atoms with Crippen molar-refractivity contribution in [3.8, 4) is 0 Å². The number of unbranched alkanes of at least 4 members (excludes halogenated alkanes) is 4. The van der Waals surface area contributed by atoms with Gasteiger partial charge in [0.15, 0.2) is 0 Å². The molecule has 0 saturated heterocycles. The summed E-state index contributed by atoms with van der Waals surface area (Å²) in [4.78, 5) is 10.5. The average molecular weight is 166 g/mol. The number of carbonyl (C=O) groups is 1. The summed E-state index contributed by atoms with van der Waals surface area (Å²) in [5.74, 6) is 0.330. The monoisotopic (exact) mass is 166 g/mol. The zero-order valence-electron chi connectivity index (χ0n) is 9.15. The van der Waals surface area contributed by atoms with E-state index in [1.807, 2.05) is 0 Å². The summed E-state index contributed by atoms with van der Waals surface area (Å²) in [6.45, 7) is 3.87. The predicted molar refractivity (Wildman–Crippen MR) is 45.2 cm³/mol. The Balaban J connectivity index is -0.000000405. The third-order valence-electron chi connectivity index (χ3n) is 1.63. The van der Waals surface area contributed by atoms with Crippen molar-refractivity contribution in [3.05, 3.63) is 0 Å². The smallest absolute Gasteiger partial charge is 1.00 e. The summed E-state index contributed by atoms with van der Waals surface area (Å²) in [6, 6.07) is 0. The molecule has 0 heterocycles. The van der Waals surface area contributed by atoms with Gasteiger partial charge in [-0.3, -0.25) is 0 Å². The minimum Gasteiger partial charge on any atom is -1.00 e. The molecule has 0 N–H and O–H groups in total. The number of carbonyl (C=O) groups excluding carboxylic acids is 1. The van der Waals surface area contributed by atoms with Crippen molar-refractivity contribution in [2.75, 3.05) is 0 Å². The molecule has 0 aliphatic heterocycles. The number of rotatable bonds is 6. The normalized spacial score (nSPS) is 8.91.